The maximum atomic E-state index is 11.5. The number of hydrogen-bond acceptors (Lipinski definition) is 3. The predicted molar refractivity (Wildman–Crippen MR) is 74.2 cm³/mol. The second-order valence-electron chi connectivity index (χ2n) is 4.10. The van der Waals surface area contributed by atoms with E-state index in [1.165, 1.54) is 11.1 Å². The number of anilines is 1. The smallest absolute Gasteiger partial charge is 0.250 e. The zero-order valence-electron chi connectivity index (χ0n) is 10.5. The van der Waals surface area contributed by atoms with Crippen LogP contribution in [0.2, 0.25) is 0 Å². The van der Waals surface area contributed by atoms with Gasteiger partial charge in [-0.15, -0.1) is 12.4 Å². The lowest BCUT2D eigenvalue weighted by Crippen LogP contribution is -2.24. The minimum atomic E-state index is -0.101. The molecule has 18 heavy (non-hydrogen) atoms. The van der Waals surface area contributed by atoms with Crippen molar-refractivity contribution in [1.29, 1.82) is 0 Å². The summed E-state index contributed by atoms with van der Waals surface area (Å²) in [4.78, 5) is 11.5. The minimum absolute atomic E-state index is 0. The van der Waals surface area contributed by atoms with E-state index in [0.29, 0.717) is 6.61 Å². The summed E-state index contributed by atoms with van der Waals surface area (Å²) in [5, 5.41) is 6.15. The van der Waals surface area contributed by atoms with Crippen LogP contribution in [0.1, 0.15) is 18.1 Å². The number of halogens is 1. The maximum Gasteiger partial charge on any atom is 0.250 e. The van der Waals surface area contributed by atoms with Gasteiger partial charge >= 0.3 is 0 Å². The molecule has 1 aliphatic heterocycles. The Morgan fingerprint density at radius 2 is 2.28 bits per heavy atom. The standard InChI is InChI=1S/C13H18N2O2.ClH/c1-2-17-9-13(16)15-12-4-3-10-5-6-14-8-11(10)7-12;/h3-4,7,14H,2,5-6,8-9H2,1H3,(H,15,16);1H. The van der Waals surface area contributed by atoms with Crippen molar-refractivity contribution in [3.8, 4) is 0 Å². The zero-order chi connectivity index (χ0) is 12.1. The number of carbonyl (C=O) groups is 1. The van der Waals surface area contributed by atoms with Crippen molar-refractivity contribution < 1.29 is 9.53 Å². The van der Waals surface area contributed by atoms with E-state index in [-0.39, 0.29) is 24.9 Å². The fourth-order valence-corrected chi connectivity index (χ4v) is 1.95. The Kier molecular flexibility index (Phi) is 6.12. The molecule has 0 saturated heterocycles. The average Bonchev–Trinajstić information content (AvgIpc) is 2.36. The first-order valence-corrected chi connectivity index (χ1v) is 5.99. The molecule has 2 rings (SSSR count). The Labute approximate surface area is 114 Å². The van der Waals surface area contributed by atoms with Crippen molar-refractivity contribution >= 4 is 24.0 Å². The van der Waals surface area contributed by atoms with Gasteiger partial charge in [0.2, 0.25) is 5.91 Å². The molecule has 0 atom stereocenters. The maximum absolute atomic E-state index is 11.5. The van der Waals surface area contributed by atoms with Crippen molar-refractivity contribution in [3.63, 3.8) is 0 Å². The van der Waals surface area contributed by atoms with Gasteiger partial charge in [-0.25, -0.2) is 0 Å². The quantitative estimate of drug-likeness (QED) is 0.876. The molecule has 5 heteroatoms. The monoisotopic (exact) mass is 270 g/mol. The molecule has 1 amide bonds. The molecule has 0 saturated carbocycles. The van der Waals surface area contributed by atoms with Gasteiger partial charge in [-0.3, -0.25) is 4.79 Å². The van der Waals surface area contributed by atoms with Gasteiger partial charge in [-0.1, -0.05) is 6.07 Å². The topological polar surface area (TPSA) is 50.4 Å². The predicted octanol–water partition coefficient (Wildman–Crippen LogP) is 1.73. The van der Waals surface area contributed by atoms with E-state index in [1.54, 1.807) is 0 Å². The van der Waals surface area contributed by atoms with E-state index in [9.17, 15) is 4.79 Å². The highest BCUT2D eigenvalue weighted by Gasteiger charge is 2.09. The summed E-state index contributed by atoms with van der Waals surface area (Å²) in [7, 11) is 0. The van der Waals surface area contributed by atoms with E-state index >= 15 is 0 Å². The second kappa shape index (κ2) is 7.36. The Balaban J connectivity index is 0.00000162. The minimum Gasteiger partial charge on any atom is -0.372 e. The number of amides is 1. The SMILES string of the molecule is CCOCC(=O)Nc1ccc2c(c1)CNCC2.Cl. The molecule has 0 aliphatic carbocycles. The van der Waals surface area contributed by atoms with Crippen LogP contribution in [0.3, 0.4) is 0 Å². The van der Waals surface area contributed by atoms with E-state index in [1.807, 2.05) is 19.1 Å². The number of rotatable bonds is 4. The Bertz CT molecular complexity index is 410. The number of hydrogen-bond donors (Lipinski definition) is 2. The number of fused-ring (bicyclic) bond motifs is 1. The average molecular weight is 271 g/mol. The highest BCUT2D eigenvalue weighted by Crippen LogP contribution is 2.18. The lowest BCUT2D eigenvalue weighted by atomic mass is 10.0. The first-order valence-electron chi connectivity index (χ1n) is 5.99. The van der Waals surface area contributed by atoms with Crippen molar-refractivity contribution in [2.45, 2.75) is 19.9 Å². The van der Waals surface area contributed by atoms with Gasteiger partial charge in [0.25, 0.3) is 0 Å². The molecule has 0 radical (unpaired) electrons. The summed E-state index contributed by atoms with van der Waals surface area (Å²) in [6.45, 7) is 4.46. The van der Waals surface area contributed by atoms with Gasteiger partial charge in [0.05, 0.1) is 0 Å². The van der Waals surface area contributed by atoms with Gasteiger partial charge in [0.1, 0.15) is 6.61 Å². The molecule has 1 heterocycles. The third-order valence-electron chi connectivity index (χ3n) is 2.81. The molecule has 1 aliphatic rings. The molecule has 0 spiro atoms. The van der Waals surface area contributed by atoms with Crippen LogP contribution in [0, 0.1) is 0 Å². The number of carbonyl (C=O) groups excluding carboxylic acids is 1. The Morgan fingerprint density at radius 1 is 1.44 bits per heavy atom. The van der Waals surface area contributed by atoms with Crippen molar-refractivity contribution in [3.05, 3.63) is 29.3 Å². The number of benzene rings is 1. The summed E-state index contributed by atoms with van der Waals surface area (Å²) in [5.74, 6) is -0.101. The molecule has 0 bridgehead atoms. The van der Waals surface area contributed by atoms with Crippen molar-refractivity contribution in [2.24, 2.45) is 0 Å². The lowest BCUT2D eigenvalue weighted by molar-refractivity contribution is -0.120. The van der Waals surface area contributed by atoms with E-state index < -0.39 is 0 Å². The summed E-state index contributed by atoms with van der Waals surface area (Å²) in [6.07, 6.45) is 1.06. The normalized spacial score (nSPS) is 13.4. The molecular weight excluding hydrogens is 252 g/mol. The molecule has 4 nitrogen and oxygen atoms in total. The lowest BCUT2D eigenvalue weighted by Gasteiger charge is -2.18. The van der Waals surface area contributed by atoms with Crippen molar-refractivity contribution in [2.75, 3.05) is 25.1 Å². The third-order valence-corrected chi connectivity index (χ3v) is 2.81. The van der Waals surface area contributed by atoms with Crippen LogP contribution in [-0.2, 0) is 22.5 Å². The third kappa shape index (κ3) is 3.98. The first-order chi connectivity index (χ1) is 8.29. The Morgan fingerprint density at radius 3 is 3.06 bits per heavy atom. The van der Waals surface area contributed by atoms with Gasteiger partial charge in [-0.2, -0.15) is 0 Å². The van der Waals surface area contributed by atoms with Gasteiger partial charge in [0, 0.05) is 18.8 Å². The van der Waals surface area contributed by atoms with Crippen LogP contribution in [0.15, 0.2) is 18.2 Å². The molecule has 100 valence electrons. The molecule has 2 N–H and O–H groups in total. The second-order valence-corrected chi connectivity index (χ2v) is 4.10. The van der Waals surface area contributed by atoms with Crippen LogP contribution < -0.4 is 10.6 Å². The molecule has 1 aromatic rings. The van der Waals surface area contributed by atoms with Crippen LogP contribution in [0.5, 0.6) is 0 Å². The van der Waals surface area contributed by atoms with Crippen molar-refractivity contribution in [1.82, 2.24) is 5.32 Å². The first kappa shape index (κ1) is 15.0. The fourth-order valence-electron chi connectivity index (χ4n) is 1.95. The van der Waals surface area contributed by atoms with Crippen LogP contribution in [0.4, 0.5) is 5.69 Å². The van der Waals surface area contributed by atoms with Gasteiger partial charge < -0.3 is 15.4 Å². The fraction of sp³-hybridized carbons (Fsp3) is 0.462. The van der Waals surface area contributed by atoms with Gasteiger partial charge in [0.15, 0.2) is 0 Å². The highest BCUT2D eigenvalue weighted by atomic mass is 35.5. The summed E-state index contributed by atoms with van der Waals surface area (Å²) in [6, 6.07) is 6.08. The van der Waals surface area contributed by atoms with Crippen LogP contribution in [0.25, 0.3) is 0 Å². The molecule has 1 aromatic carbocycles. The largest absolute Gasteiger partial charge is 0.372 e. The number of ether oxygens (including phenoxy) is 1. The Hall–Kier alpha value is -1.10. The van der Waals surface area contributed by atoms with E-state index in [4.69, 9.17) is 4.74 Å². The zero-order valence-corrected chi connectivity index (χ0v) is 11.3. The summed E-state index contributed by atoms with van der Waals surface area (Å²) in [5.41, 5.74) is 3.48. The van der Waals surface area contributed by atoms with Crippen LogP contribution >= 0.6 is 12.4 Å². The van der Waals surface area contributed by atoms with E-state index in [2.05, 4.69) is 16.7 Å². The molecule has 0 aromatic heterocycles. The molecule has 0 unspecified atom stereocenters. The summed E-state index contributed by atoms with van der Waals surface area (Å²) >= 11 is 0. The molecule has 0 fully saturated rings. The highest BCUT2D eigenvalue weighted by molar-refractivity contribution is 5.91. The van der Waals surface area contributed by atoms with Crippen LogP contribution in [-0.4, -0.2) is 25.7 Å². The summed E-state index contributed by atoms with van der Waals surface area (Å²) < 4.78 is 5.06. The number of nitrogens with one attached hydrogen (secondary N) is 2. The molecular formula is C13H19ClN2O2. The van der Waals surface area contributed by atoms with E-state index in [0.717, 1.165) is 25.2 Å². The van der Waals surface area contributed by atoms with Gasteiger partial charge in [-0.05, 0) is 43.1 Å².